The Morgan fingerprint density at radius 2 is 2.17 bits per heavy atom. The van der Waals surface area contributed by atoms with Crippen LogP contribution < -0.4 is 11.1 Å². The lowest BCUT2D eigenvalue weighted by molar-refractivity contribution is -0.145. The SMILES string of the molecule is CCNC(=O)CSc1cc(N)nc(C(F)(F)F)n1. The number of halogens is 3. The molecule has 0 radical (unpaired) electrons. The normalized spacial score (nSPS) is 11.3. The minimum atomic E-state index is -4.66. The highest BCUT2D eigenvalue weighted by Crippen LogP contribution is 2.28. The van der Waals surface area contributed by atoms with E-state index in [1.54, 1.807) is 6.92 Å². The fourth-order valence-corrected chi connectivity index (χ4v) is 1.77. The molecule has 0 unspecified atom stereocenters. The maximum atomic E-state index is 12.4. The van der Waals surface area contributed by atoms with Crippen LogP contribution in [0, 0.1) is 0 Å². The largest absolute Gasteiger partial charge is 0.451 e. The molecule has 0 aliphatic heterocycles. The quantitative estimate of drug-likeness (QED) is 0.642. The Bertz CT molecular complexity index is 438. The lowest BCUT2D eigenvalue weighted by Crippen LogP contribution is -2.24. The number of nitrogen functional groups attached to an aromatic ring is 1. The van der Waals surface area contributed by atoms with Gasteiger partial charge in [0.2, 0.25) is 11.7 Å². The average molecular weight is 280 g/mol. The zero-order valence-electron chi connectivity index (χ0n) is 9.41. The molecule has 0 atom stereocenters. The van der Waals surface area contributed by atoms with E-state index in [1.165, 1.54) is 6.07 Å². The third-order valence-electron chi connectivity index (χ3n) is 1.70. The van der Waals surface area contributed by atoms with E-state index in [-0.39, 0.29) is 22.5 Å². The van der Waals surface area contributed by atoms with Crippen LogP contribution >= 0.6 is 11.8 Å². The van der Waals surface area contributed by atoms with Gasteiger partial charge in [0.05, 0.1) is 5.75 Å². The zero-order chi connectivity index (χ0) is 13.8. The van der Waals surface area contributed by atoms with E-state index in [9.17, 15) is 18.0 Å². The number of nitrogens with zero attached hydrogens (tertiary/aromatic N) is 2. The van der Waals surface area contributed by atoms with Gasteiger partial charge in [-0.05, 0) is 6.92 Å². The standard InChI is InChI=1S/C9H11F3N4OS/c1-2-14-6(17)4-18-7-3-5(13)15-8(16-7)9(10,11)12/h3H,2,4H2,1H3,(H,14,17)(H2,13,15,16). The van der Waals surface area contributed by atoms with Crippen LogP contribution in [0.4, 0.5) is 19.0 Å². The minimum Gasteiger partial charge on any atom is -0.384 e. The van der Waals surface area contributed by atoms with Crippen molar-refractivity contribution < 1.29 is 18.0 Å². The van der Waals surface area contributed by atoms with Crippen LogP contribution in [0.15, 0.2) is 11.1 Å². The summed E-state index contributed by atoms with van der Waals surface area (Å²) in [7, 11) is 0. The molecule has 5 nitrogen and oxygen atoms in total. The first-order valence-electron chi connectivity index (χ1n) is 4.94. The molecular formula is C9H11F3N4OS. The predicted molar refractivity (Wildman–Crippen MR) is 60.9 cm³/mol. The van der Waals surface area contributed by atoms with E-state index in [0.717, 1.165) is 11.8 Å². The van der Waals surface area contributed by atoms with Gasteiger partial charge in [0.1, 0.15) is 10.8 Å². The summed E-state index contributed by atoms with van der Waals surface area (Å²) in [5.74, 6) is -1.90. The molecule has 1 amide bonds. The van der Waals surface area contributed by atoms with Crippen LogP contribution in [0.3, 0.4) is 0 Å². The fourth-order valence-electron chi connectivity index (χ4n) is 1.03. The highest BCUT2D eigenvalue weighted by Gasteiger charge is 2.35. The maximum absolute atomic E-state index is 12.4. The fraction of sp³-hybridized carbons (Fsp3) is 0.444. The number of hydrogen-bond donors (Lipinski definition) is 2. The summed E-state index contributed by atoms with van der Waals surface area (Å²) in [6, 6.07) is 1.19. The molecule has 18 heavy (non-hydrogen) atoms. The topological polar surface area (TPSA) is 80.9 Å². The summed E-state index contributed by atoms with van der Waals surface area (Å²) in [4.78, 5) is 17.6. The van der Waals surface area contributed by atoms with Crippen molar-refractivity contribution in [2.75, 3.05) is 18.0 Å². The first kappa shape index (κ1) is 14.6. The second kappa shape index (κ2) is 5.89. The molecular weight excluding hydrogens is 269 g/mol. The minimum absolute atomic E-state index is 0.0149. The molecule has 1 rings (SSSR count). The molecule has 0 saturated heterocycles. The first-order valence-corrected chi connectivity index (χ1v) is 5.92. The summed E-state index contributed by atoms with van der Waals surface area (Å²) >= 11 is 0.870. The molecule has 0 aliphatic carbocycles. The van der Waals surface area contributed by atoms with Crippen LogP contribution in [0.25, 0.3) is 0 Å². The Hall–Kier alpha value is -1.51. The summed E-state index contributed by atoms with van der Waals surface area (Å²) in [6.45, 7) is 2.20. The van der Waals surface area contributed by atoms with Crippen molar-refractivity contribution in [3.8, 4) is 0 Å². The lowest BCUT2D eigenvalue weighted by Gasteiger charge is -2.07. The Morgan fingerprint density at radius 1 is 1.50 bits per heavy atom. The third-order valence-corrected chi connectivity index (χ3v) is 2.61. The van der Waals surface area contributed by atoms with Crippen LogP contribution in [0.5, 0.6) is 0 Å². The monoisotopic (exact) mass is 280 g/mol. The number of amides is 1. The number of thioether (sulfide) groups is 1. The molecule has 1 aromatic heterocycles. The second-order valence-electron chi connectivity index (χ2n) is 3.19. The number of alkyl halides is 3. The predicted octanol–water partition coefficient (Wildman–Crippen LogP) is 1.31. The lowest BCUT2D eigenvalue weighted by atomic mass is 10.5. The van der Waals surface area contributed by atoms with E-state index >= 15 is 0 Å². The second-order valence-corrected chi connectivity index (χ2v) is 4.19. The molecule has 0 spiro atoms. The number of rotatable bonds is 4. The van der Waals surface area contributed by atoms with Gasteiger partial charge < -0.3 is 11.1 Å². The van der Waals surface area contributed by atoms with Crippen LogP contribution in [-0.4, -0.2) is 28.2 Å². The van der Waals surface area contributed by atoms with Crippen molar-refractivity contribution >= 4 is 23.5 Å². The summed E-state index contributed by atoms with van der Waals surface area (Å²) in [6.07, 6.45) is -4.66. The third kappa shape index (κ3) is 4.40. The Labute approximate surface area is 105 Å². The molecule has 1 heterocycles. The number of carbonyl (C=O) groups is 1. The molecule has 0 bridgehead atoms. The Morgan fingerprint density at radius 3 is 2.72 bits per heavy atom. The smallest absolute Gasteiger partial charge is 0.384 e. The van der Waals surface area contributed by atoms with Gasteiger partial charge in [-0.25, -0.2) is 9.97 Å². The molecule has 0 aromatic carbocycles. The number of carbonyl (C=O) groups excluding carboxylic acids is 1. The number of nitrogens with one attached hydrogen (secondary N) is 1. The van der Waals surface area contributed by atoms with Gasteiger partial charge in [0.25, 0.3) is 0 Å². The number of aromatic nitrogens is 2. The van der Waals surface area contributed by atoms with Crippen LogP contribution in [0.2, 0.25) is 0 Å². The molecule has 9 heteroatoms. The summed E-state index contributed by atoms with van der Waals surface area (Å²) in [5, 5.41) is 2.53. The van der Waals surface area contributed by atoms with E-state index in [1.807, 2.05) is 0 Å². The van der Waals surface area contributed by atoms with Crippen molar-refractivity contribution in [1.82, 2.24) is 15.3 Å². The van der Waals surface area contributed by atoms with Crippen molar-refractivity contribution in [3.63, 3.8) is 0 Å². The van der Waals surface area contributed by atoms with Gasteiger partial charge in [-0.15, -0.1) is 0 Å². The van der Waals surface area contributed by atoms with Crippen LogP contribution in [-0.2, 0) is 11.0 Å². The maximum Gasteiger partial charge on any atom is 0.451 e. The number of hydrogen-bond acceptors (Lipinski definition) is 5. The van der Waals surface area contributed by atoms with Gasteiger partial charge in [0.15, 0.2) is 0 Å². The zero-order valence-corrected chi connectivity index (χ0v) is 10.2. The highest BCUT2D eigenvalue weighted by molar-refractivity contribution is 7.99. The summed E-state index contributed by atoms with van der Waals surface area (Å²) < 4.78 is 37.2. The molecule has 0 saturated carbocycles. The summed E-state index contributed by atoms with van der Waals surface area (Å²) in [5.41, 5.74) is 5.26. The van der Waals surface area contributed by atoms with E-state index in [4.69, 9.17) is 5.73 Å². The molecule has 0 aliphatic rings. The van der Waals surface area contributed by atoms with Crippen molar-refractivity contribution in [3.05, 3.63) is 11.9 Å². The van der Waals surface area contributed by atoms with Gasteiger partial charge in [-0.3, -0.25) is 4.79 Å². The van der Waals surface area contributed by atoms with E-state index in [0.29, 0.717) is 6.54 Å². The van der Waals surface area contributed by atoms with Gasteiger partial charge >= 0.3 is 6.18 Å². The number of nitrogens with two attached hydrogens (primary N) is 1. The molecule has 1 aromatic rings. The Kier molecular flexibility index (Phi) is 4.76. The number of anilines is 1. The van der Waals surface area contributed by atoms with Crippen LogP contribution in [0.1, 0.15) is 12.7 Å². The molecule has 100 valence electrons. The average Bonchev–Trinajstić information content (AvgIpc) is 2.25. The van der Waals surface area contributed by atoms with Crippen molar-refractivity contribution in [2.45, 2.75) is 18.1 Å². The molecule has 3 N–H and O–H groups in total. The Balaban J connectivity index is 2.78. The first-order chi connectivity index (χ1) is 8.32. The highest BCUT2D eigenvalue weighted by atomic mass is 32.2. The van der Waals surface area contributed by atoms with Gasteiger partial charge in [-0.2, -0.15) is 13.2 Å². The van der Waals surface area contributed by atoms with Crippen molar-refractivity contribution in [2.24, 2.45) is 0 Å². The van der Waals surface area contributed by atoms with Crippen molar-refractivity contribution in [1.29, 1.82) is 0 Å². The molecule has 0 fully saturated rings. The van der Waals surface area contributed by atoms with E-state index < -0.39 is 12.0 Å². The van der Waals surface area contributed by atoms with Gasteiger partial charge in [0, 0.05) is 12.6 Å². The van der Waals surface area contributed by atoms with E-state index in [2.05, 4.69) is 15.3 Å². The van der Waals surface area contributed by atoms with Gasteiger partial charge in [-0.1, -0.05) is 11.8 Å².